The van der Waals surface area contributed by atoms with Crippen molar-refractivity contribution < 1.29 is 0 Å². The quantitative estimate of drug-likeness (QED) is 0.683. The number of fused-ring (bicyclic) bond motifs is 1. The van der Waals surface area contributed by atoms with E-state index in [4.69, 9.17) is 0 Å². The van der Waals surface area contributed by atoms with Gasteiger partial charge in [0.2, 0.25) is 0 Å². The fraction of sp³-hybridized carbons (Fsp3) is 0.0667. The highest BCUT2D eigenvalue weighted by Crippen LogP contribution is 2.25. The Morgan fingerprint density at radius 3 is 2.84 bits per heavy atom. The first-order chi connectivity index (χ1) is 9.19. The van der Waals surface area contributed by atoms with Crippen LogP contribution in [0.3, 0.4) is 0 Å². The molecule has 0 saturated carbocycles. The van der Waals surface area contributed by atoms with Crippen molar-refractivity contribution >= 4 is 21.4 Å². The van der Waals surface area contributed by atoms with E-state index in [1.807, 2.05) is 47.9 Å². The van der Waals surface area contributed by atoms with Crippen molar-refractivity contribution in [1.82, 2.24) is 9.38 Å². The van der Waals surface area contributed by atoms with Gasteiger partial charge in [-0.05, 0) is 41.1 Å². The number of imidazole rings is 1. The Morgan fingerprint density at radius 1 is 1.26 bits per heavy atom. The minimum absolute atomic E-state index is 0.448. The second-order valence-electron chi connectivity index (χ2n) is 4.37. The lowest BCUT2D eigenvalue weighted by Crippen LogP contribution is -1.89. The van der Waals surface area contributed by atoms with Gasteiger partial charge in [0.05, 0.1) is 5.52 Å². The summed E-state index contributed by atoms with van der Waals surface area (Å²) in [7, 11) is 0. The van der Waals surface area contributed by atoms with Gasteiger partial charge >= 0.3 is 0 Å². The number of hydrogen-bond acceptors (Lipinski definition) is 2. The average Bonchev–Trinajstić information content (AvgIpc) is 2.76. The third-order valence-corrected chi connectivity index (χ3v) is 3.45. The summed E-state index contributed by atoms with van der Waals surface area (Å²) in [6, 6.07) is 14.1. The first-order valence-corrected chi connectivity index (χ1v) is 6.63. The lowest BCUT2D eigenvalue weighted by Gasteiger charge is -2.02. The Kier molecular flexibility index (Phi) is 2.84. The number of nitrogens with zero attached hydrogens (tertiary/aromatic N) is 3. The molecule has 0 fully saturated rings. The molecule has 3 rings (SSSR count). The fourth-order valence-electron chi connectivity index (χ4n) is 2.13. The summed E-state index contributed by atoms with van der Waals surface area (Å²) in [6.45, 7) is 2.04. The average molecular weight is 312 g/mol. The van der Waals surface area contributed by atoms with E-state index in [1.165, 1.54) is 5.56 Å². The Hall–Kier alpha value is -2.12. The number of aryl methyl sites for hydroxylation is 1. The van der Waals surface area contributed by atoms with Crippen molar-refractivity contribution in [3.8, 4) is 17.5 Å². The summed E-state index contributed by atoms with van der Waals surface area (Å²) in [4.78, 5) is 4.44. The van der Waals surface area contributed by atoms with E-state index in [-0.39, 0.29) is 0 Å². The summed E-state index contributed by atoms with van der Waals surface area (Å²) in [5.41, 5.74) is 3.45. The molecule has 0 aliphatic carbocycles. The second-order valence-corrected chi connectivity index (χ2v) is 5.28. The van der Waals surface area contributed by atoms with Gasteiger partial charge in [-0.3, -0.25) is 4.40 Å². The molecule has 4 heteroatoms. The van der Waals surface area contributed by atoms with Crippen LogP contribution >= 0.6 is 15.9 Å². The first-order valence-electron chi connectivity index (χ1n) is 5.84. The Morgan fingerprint density at radius 2 is 2.11 bits per heavy atom. The molecule has 0 bridgehead atoms. The van der Waals surface area contributed by atoms with Gasteiger partial charge in [0.1, 0.15) is 11.9 Å². The first kappa shape index (κ1) is 11.9. The van der Waals surface area contributed by atoms with E-state index in [0.29, 0.717) is 5.69 Å². The number of nitriles is 1. The van der Waals surface area contributed by atoms with Crippen LogP contribution in [0, 0.1) is 18.3 Å². The Labute approximate surface area is 119 Å². The predicted octanol–water partition coefficient (Wildman–Crippen LogP) is 3.94. The summed E-state index contributed by atoms with van der Waals surface area (Å²) >= 11 is 3.45. The van der Waals surface area contributed by atoms with Gasteiger partial charge in [0.15, 0.2) is 5.69 Å². The highest BCUT2D eigenvalue weighted by Gasteiger charge is 2.12. The van der Waals surface area contributed by atoms with Gasteiger partial charge < -0.3 is 0 Å². The van der Waals surface area contributed by atoms with Crippen molar-refractivity contribution in [2.45, 2.75) is 6.92 Å². The molecule has 0 spiro atoms. The number of benzene rings is 1. The SMILES string of the molecule is Cc1cccc(-c2nc(C#N)c3ccc(Br)cn23)c1. The zero-order chi connectivity index (χ0) is 13.4. The van der Waals surface area contributed by atoms with Crippen LogP contribution in [0.1, 0.15) is 11.3 Å². The summed E-state index contributed by atoms with van der Waals surface area (Å²) in [5.74, 6) is 0.788. The second kappa shape index (κ2) is 4.52. The molecular formula is C15H10BrN3. The maximum Gasteiger partial charge on any atom is 0.166 e. The van der Waals surface area contributed by atoms with Crippen LogP contribution in [0.5, 0.6) is 0 Å². The minimum atomic E-state index is 0.448. The minimum Gasteiger partial charge on any atom is -0.297 e. The molecule has 0 N–H and O–H groups in total. The molecule has 0 unspecified atom stereocenters. The lowest BCUT2D eigenvalue weighted by atomic mass is 10.1. The molecule has 0 atom stereocenters. The molecule has 0 aliphatic heterocycles. The van der Waals surface area contributed by atoms with Crippen LogP contribution in [0.2, 0.25) is 0 Å². The molecule has 19 heavy (non-hydrogen) atoms. The zero-order valence-electron chi connectivity index (χ0n) is 10.3. The molecule has 3 nitrogen and oxygen atoms in total. The summed E-state index contributed by atoms with van der Waals surface area (Å²) in [5, 5.41) is 9.18. The maximum atomic E-state index is 9.18. The van der Waals surface area contributed by atoms with Gasteiger partial charge in [-0.15, -0.1) is 0 Å². The summed E-state index contributed by atoms with van der Waals surface area (Å²) in [6.07, 6.45) is 1.93. The topological polar surface area (TPSA) is 41.1 Å². The van der Waals surface area contributed by atoms with Gasteiger partial charge in [0.25, 0.3) is 0 Å². The largest absolute Gasteiger partial charge is 0.297 e. The van der Waals surface area contributed by atoms with E-state index in [0.717, 1.165) is 21.4 Å². The van der Waals surface area contributed by atoms with Crippen LogP contribution in [0.15, 0.2) is 47.1 Å². The number of rotatable bonds is 1. The summed E-state index contributed by atoms with van der Waals surface area (Å²) < 4.78 is 2.90. The molecule has 3 aromatic rings. The number of hydrogen-bond donors (Lipinski definition) is 0. The van der Waals surface area contributed by atoms with Crippen LogP contribution in [-0.2, 0) is 0 Å². The molecular weight excluding hydrogens is 302 g/mol. The Balaban J connectivity index is 2.35. The van der Waals surface area contributed by atoms with Gasteiger partial charge in [0, 0.05) is 16.2 Å². The van der Waals surface area contributed by atoms with E-state index in [2.05, 4.69) is 33.0 Å². The number of halogens is 1. The van der Waals surface area contributed by atoms with E-state index in [9.17, 15) is 5.26 Å². The Bertz CT molecular complexity index is 812. The highest BCUT2D eigenvalue weighted by molar-refractivity contribution is 9.10. The van der Waals surface area contributed by atoms with Gasteiger partial charge in [-0.25, -0.2) is 4.98 Å². The molecule has 0 amide bonds. The van der Waals surface area contributed by atoms with E-state index < -0.39 is 0 Å². The van der Waals surface area contributed by atoms with Crippen molar-refractivity contribution in [1.29, 1.82) is 5.26 Å². The normalized spacial score (nSPS) is 10.6. The van der Waals surface area contributed by atoms with Crippen LogP contribution in [-0.4, -0.2) is 9.38 Å². The number of aromatic nitrogens is 2. The molecule has 92 valence electrons. The highest BCUT2D eigenvalue weighted by atomic mass is 79.9. The third-order valence-electron chi connectivity index (χ3n) is 2.98. The van der Waals surface area contributed by atoms with Crippen LogP contribution in [0.25, 0.3) is 16.9 Å². The van der Waals surface area contributed by atoms with Crippen molar-refractivity contribution in [3.63, 3.8) is 0 Å². The standard InChI is InChI=1S/C15H10BrN3/c1-10-3-2-4-11(7-10)15-18-13(8-17)14-6-5-12(16)9-19(14)15/h2-7,9H,1H3. The number of pyridine rings is 1. The van der Waals surface area contributed by atoms with Crippen LogP contribution in [0.4, 0.5) is 0 Å². The zero-order valence-corrected chi connectivity index (χ0v) is 11.8. The van der Waals surface area contributed by atoms with Gasteiger partial charge in [-0.2, -0.15) is 5.26 Å². The van der Waals surface area contributed by atoms with Crippen molar-refractivity contribution in [2.75, 3.05) is 0 Å². The molecule has 1 aromatic carbocycles. The third kappa shape index (κ3) is 2.02. The molecule has 0 saturated heterocycles. The van der Waals surface area contributed by atoms with Gasteiger partial charge in [-0.1, -0.05) is 23.8 Å². The lowest BCUT2D eigenvalue weighted by molar-refractivity contribution is 1.15. The van der Waals surface area contributed by atoms with Crippen LogP contribution < -0.4 is 0 Å². The van der Waals surface area contributed by atoms with E-state index >= 15 is 0 Å². The van der Waals surface area contributed by atoms with E-state index in [1.54, 1.807) is 0 Å². The predicted molar refractivity (Wildman–Crippen MR) is 77.8 cm³/mol. The van der Waals surface area contributed by atoms with Crippen molar-refractivity contribution in [2.24, 2.45) is 0 Å². The molecule has 0 aliphatic rings. The molecule has 2 heterocycles. The van der Waals surface area contributed by atoms with Crippen molar-refractivity contribution in [3.05, 3.63) is 58.3 Å². The molecule has 0 radical (unpaired) electrons. The smallest absolute Gasteiger partial charge is 0.166 e. The fourth-order valence-corrected chi connectivity index (χ4v) is 2.47. The maximum absolute atomic E-state index is 9.18. The monoisotopic (exact) mass is 311 g/mol. The molecule has 2 aromatic heterocycles.